The number of hydrogen-bond donors (Lipinski definition) is 0. The molecule has 5 rings (SSSR count). The van der Waals surface area contributed by atoms with E-state index in [2.05, 4.69) is 4.98 Å². The Hall–Kier alpha value is -2.73. The minimum atomic E-state index is -4.65. The van der Waals surface area contributed by atoms with Gasteiger partial charge in [0.15, 0.2) is 0 Å². The Kier molecular flexibility index (Phi) is 5.17. The number of alkyl halides is 3. The van der Waals surface area contributed by atoms with E-state index < -0.39 is 39.7 Å². The number of hydrogen-bond acceptors (Lipinski definition) is 5. The number of rotatable bonds is 3. The molecule has 1 aromatic carbocycles. The number of sulfonamides is 1. The van der Waals surface area contributed by atoms with Gasteiger partial charge >= 0.3 is 6.18 Å². The van der Waals surface area contributed by atoms with Crippen LogP contribution < -0.4 is 4.74 Å². The lowest BCUT2D eigenvalue weighted by atomic mass is 9.61. The maximum Gasteiger partial charge on any atom is 0.433 e. The molecule has 1 aliphatic carbocycles. The summed E-state index contributed by atoms with van der Waals surface area (Å²) in [5.41, 5.74) is -1.47. The maximum absolute atomic E-state index is 14.0. The number of amides is 1. The lowest BCUT2D eigenvalue weighted by Gasteiger charge is -2.60. The van der Waals surface area contributed by atoms with Gasteiger partial charge in [-0.15, -0.1) is 0 Å². The summed E-state index contributed by atoms with van der Waals surface area (Å²) < 4.78 is 85.2. The minimum absolute atomic E-state index is 0.00958. The molecular formula is C22H21F4N3O4S. The summed E-state index contributed by atoms with van der Waals surface area (Å²) >= 11 is 0. The highest BCUT2D eigenvalue weighted by atomic mass is 32.2. The fourth-order valence-electron chi connectivity index (χ4n) is 5.08. The summed E-state index contributed by atoms with van der Waals surface area (Å²) in [5, 5.41) is 0. The summed E-state index contributed by atoms with van der Waals surface area (Å²) in [7, 11) is -3.95. The van der Waals surface area contributed by atoms with Crippen LogP contribution in [0.1, 0.15) is 35.8 Å². The van der Waals surface area contributed by atoms with Gasteiger partial charge in [0.05, 0.1) is 6.04 Å². The van der Waals surface area contributed by atoms with E-state index in [9.17, 15) is 30.8 Å². The van der Waals surface area contributed by atoms with E-state index in [1.165, 1.54) is 22.5 Å². The van der Waals surface area contributed by atoms with Crippen molar-refractivity contribution in [3.05, 3.63) is 53.5 Å². The molecule has 1 aromatic heterocycles. The predicted molar refractivity (Wildman–Crippen MR) is 111 cm³/mol. The summed E-state index contributed by atoms with van der Waals surface area (Å²) in [5.74, 6) is -1.61. The van der Waals surface area contributed by atoms with Crippen molar-refractivity contribution in [1.29, 1.82) is 0 Å². The molecule has 182 valence electrons. The molecule has 3 heterocycles. The van der Waals surface area contributed by atoms with Gasteiger partial charge < -0.3 is 9.64 Å². The number of nitrogens with zero attached hydrogens (tertiary/aromatic N) is 3. The molecule has 1 saturated heterocycles. The number of carbonyl (C=O) groups excluding carboxylic acids is 1. The third-order valence-corrected chi connectivity index (χ3v) is 8.59. The van der Waals surface area contributed by atoms with Crippen molar-refractivity contribution in [3.63, 3.8) is 0 Å². The van der Waals surface area contributed by atoms with Gasteiger partial charge in [-0.3, -0.25) is 4.79 Å². The molecular weight excluding hydrogens is 478 g/mol. The van der Waals surface area contributed by atoms with E-state index in [1.807, 2.05) is 0 Å². The maximum atomic E-state index is 14.0. The van der Waals surface area contributed by atoms with Crippen LogP contribution in [0.2, 0.25) is 0 Å². The number of halogens is 4. The van der Waals surface area contributed by atoms with Crippen molar-refractivity contribution in [1.82, 2.24) is 14.2 Å². The van der Waals surface area contributed by atoms with Crippen LogP contribution >= 0.6 is 0 Å². The van der Waals surface area contributed by atoms with Crippen LogP contribution in [0.15, 0.2) is 41.3 Å². The van der Waals surface area contributed by atoms with E-state index in [0.29, 0.717) is 12.8 Å². The van der Waals surface area contributed by atoms with Gasteiger partial charge in [-0.25, -0.2) is 17.8 Å². The van der Waals surface area contributed by atoms with E-state index in [4.69, 9.17) is 4.74 Å². The Morgan fingerprint density at radius 1 is 1.12 bits per heavy atom. The molecule has 0 bridgehead atoms. The average molecular weight is 499 g/mol. The minimum Gasteiger partial charge on any atom is -0.475 e. The first-order valence-electron chi connectivity index (χ1n) is 10.7. The van der Waals surface area contributed by atoms with Crippen molar-refractivity contribution in [2.45, 2.75) is 42.9 Å². The SMILES string of the molecule is C[C@@H]1COc2nc(C(F)(F)F)ccc2C(=O)N1C1CC2(C1)CN(S(=O)(=O)c1ccccc1F)C2. The van der Waals surface area contributed by atoms with Gasteiger partial charge in [0, 0.05) is 24.5 Å². The average Bonchev–Trinajstić information content (AvgIpc) is 2.82. The van der Waals surface area contributed by atoms with Gasteiger partial charge in [-0.05, 0) is 44.0 Å². The second-order valence-corrected chi connectivity index (χ2v) is 11.1. The summed E-state index contributed by atoms with van der Waals surface area (Å²) in [6.07, 6.45) is -3.58. The second-order valence-electron chi connectivity index (χ2n) is 9.19. The van der Waals surface area contributed by atoms with Gasteiger partial charge in [-0.1, -0.05) is 12.1 Å². The van der Waals surface area contributed by atoms with Crippen LogP contribution in [0.3, 0.4) is 0 Å². The first kappa shape index (κ1) is 23.0. The largest absolute Gasteiger partial charge is 0.475 e. The highest BCUT2D eigenvalue weighted by molar-refractivity contribution is 7.89. The van der Waals surface area contributed by atoms with E-state index >= 15 is 0 Å². The normalized spacial score (nSPS) is 23.0. The molecule has 0 unspecified atom stereocenters. The van der Waals surface area contributed by atoms with Crippen LogP contribution in [0.25, 0.3) is 0 Å². The Balaban J connectivity index is 1.29. The van der Waals surface area contributed by atoms with Gasteiger partial charge in [0.2, 0.25) is 15.9 Å². The number of pyridine rings is 1. The number of aromatic nitrogens is 1. The van der Waals surface area contributed by atoms with Crippen LogP contribution in [0.4, 0.5) is 17.6 Å². The predicted octanol–water partition coefficient (Wildman–Crippen LogP) is 3.32. The fourth-order valence-corrected chi connectivity index (χ4v) is 6.81. The molecule has 0 N–H and O–H groups in total. The molecule has 3 aliphatic rings. The van der Waals surface area contributed by atoms with Gasteiger partial charge in [0.1, 0.15) is 28.6 Å². The summed E-state index contributed by atoms with van der Waals surface area (Å²) in [6, 6.07) is 6.43. The van der Waals surface area contributed by atoms with Crippen LogP contribution in [0.5, 0.6) is 5.88 Å². The number of carbonyl (C=O) groups is 1. The van der Waals surface area contributed by atoms with Crippen LogP contribution in [-0.4, -0.2) is 60.3 Å². The van der Waals surface area contributed by atoms with Crippen molar-refractivity contribution in [2.24, 2.45) is 5.41 Å². The Morgan fingerprint density at radius 3 is 2.44 bits per heavy atom. The Labute approximate surface area is 193 Å². The van der Waals surface area contributed by atoms with Gasteiger partial charge in [0.25, 0.3) is 5.91 Å². The molecule has 2 aromatic rings. The molecule has 1 atom stereocenters. The number of ether oxygens (including phenoxy) is 1. The van der Waals surface area contributed by atoms with E-state index in [0.717, 1.165) is 18.2 Å². The van der Waals surface area contributed by atoms with Crippen molar-refractivity contribution in [3.8, 4) is 5.88 Å². The molecule has 2 aliphatic heterocycles. The monoisotopic (exact) mass is 499 g/mol. The van der Waals surface area contributed by atoms with Gasteiger partial charge in [-0.2, -0.15) is 17.5 Å². The molecule has 1 saturated carbocycles. The molecule has 1 spiro atoms. The van der Waals surface area contributed by atoms with E-state index in [-0.39, 0.29) is 47.5 Å². The number of fused-ring (bicyclic) bond motifs is 1. The molecule has 0 radical (unpaired) electrons. The molecule has 34 heavy (non-hydrogen) atoms. The third-order valence-electron chi connectivity index (χ3n) is 6.76. The summed E-state index contributed by atoms with van der Waals surface area (Å²) in [4.78, 5) is 17.9. The van der Waals surface area contributed by atoms with E-state index in [1.54, 1.807) is 11.8 Å². The topological polar surface area (TPSA) is 79.8 Å². The van der Waals surface area contributed by atoms with Crippen molar-refractivity contribution >= 4 is 15.9 Å². The smallest absolute Gasteiger partial charge is 0.433 e. The zero-order valence-electron chi connectivity index (χ0n) is 18.0. The highest BCUT2D eigenvalue weighted by Crippen LogP contribution is 2.52. The lowest BCUT2D eigenvalue weighted by Crippen LogP contribution is -2.68. The summed E-state index contributed by atoms with van der Waals surface area (Å²) in [6.45, 7) is 2.18. The second kappa shape index (κ2) is 7.64. The standard InChI is InChI=1S/C22H21F4N3O4S/c1-13-10-33-19-15(6-7-18(27-19)22(24,25)26)20(30)29(13)14-8-21(9-14)11-28(12-21)34(31,32)17-5-3-2-4-16(17)23/h2-7,13-14H,8-12H2,1H3/t13-/m1/s1. The Morgan fingerprint density at radius 2 is 1.79 bits per heavy atom. The zero-order valence-corrected chi connectivity index (χ0v) is 18.9. The molecule has 12 heteroatoms. The molecule has 1 amide bonds. The van der Waals surface area contributed by atoms with Crippen LogP contribution in [0, 0.1) is 11.2 Å². The highest BCUT2D eigenvalue weighted by Gasteiger charge is 2.58. The zero-order chi connectivity index (χ0) is 24.5. The lowest BCUT2D eigenvalue weighted by molar-refractivity contribution is -0.141. The first-order chi connectivity index (χ1) is 15.9. The molecule has 7 nitrogen and oxygen atoms in total. The first-order valence-corrected chi connectivity index (χ1v) is 12.1. The number of benzene rings is 1. The van der Waals surface area contributed by atoms with Crippen molar-refractivity contribution in [2.75, 3.05) is 19.7 Å². The Bertz CT molecular complexity index is 1250. The fraction of sp³-hybridized carbons (Fsp3) is 0.455. The molecule has 2 fully saturated rings. The third kappa shape index (κ3) is 3.63. The quantitative estimate of drug-likeness (QED) is 0.606. The van der Waals surface area contributed by atoms with Crippen LogP contribution in [-0.2, 0) is 16.2 Å². The van der Waals surface area contributed by atoms with Crippen molar-refractivity contribution < 1.29 is 35.5 Å².